The van der Waals surface area contributed by atoms with E-state index in [-0.39, 0.29) is 33.7 Å². The number of amides is 2. The highest BCUT2D eigenvalue weighted by molar-refractivity contribution is 7.90. The van der Waals surface area contributed by atoms with Crippen LogP contribution >= 0.6 is 0 Å². The van der Waals surface area contributed by atoms with Crippen LogP contribution in [0, 0.1) is 0 Å². The molecule has 8 nitrogen and oxygen atoms in total. The Morgan fingerprint density at radius 1 is 1.03 bits per heavy atom. The van der Waals surface area contributed by atoms with Crippen molar-refractivity contribution in [2.24, 2.45) is 0 Å². The number of fused-ring (bicyclic) bond motifs is 1. The molecule has 3 aromatic rings. The summed E-state index contributed by atoms with van der Waals surface area (Å²) in [5.74, 6) is -1.23. The molecule has 0 unspecified atom stereocenters. The SMILES string of the molecule is CCC(=O)NS(=O)(=O)c1ccc(NC(=O)COc2ccnc3c(C(F)(F)F)cccc23)cc1. The first kappa shape index (κ1) is 24.0. The van der Waals surface area contributed by atoms with Crippen LogP contribution in [-0.2, 0) is 25.8 Å². The third-order valence-electron chi connectivity index (χ3n) is 4.41. The molecule has 0 bridgehead atoms. The number of para-hydroxylation sites is 1. The number of sulfonamides is 1. The molecule has 0 aliphatic heterocycles. The Kier molecular flexibility index (Phi) is 6.86. The average molecular weight is 481 g/mol. The molecule has 0 aliphatic rings. The third kappa shape index (κ3) is 5.77. The lowest BCUT2D eigenvalue weighted by molar-refractivity contribution is -0.136. The highest BCUT2D eigenvalue weighted by atomic mass is 32.2. The number of ether oxygens (including phenoxy) is 1. The first-order valence-electron chi connectivity index (χ1n) is 9.54. The van der Waals surface area contributed by atoms with Crippen LogP contribution in [0.5, 0.6) is 5.75 Å². The molecule has 0 atom stereocenters. The number of pyridine rings is 1. The average Bonchev–Trinajstić information content (AvgIpc) is 2.76. The first-order valence-corrected chi connectivity index (χ1v) is 11.0. The van der Waals surface area contributed by atoms with Crippen LogP contribution in [0.2, 0.25) is 0 Å². The van der Waals surface area contributed by atoms with Gasteiger partial charge in [-0.1, -0.05) is 13.0 Å². The van der Waals surface area contributed by atoms with E-state index < -0.39 is 40.2 Å². The second-order valence-electron chi connectivity index (χ2n) is 6.75. The van der Waals surface area contributed by atoms with Gasteiger partial charge in [-0.25, -0.2) is 13.1 Å². The van der Waals surface area contributed by atoms with Crippen LogP contribution < -0.4 is 14.8 Å². The van der Waals surface area contributed by atoms with E-state index >= 15 is 0 Å². The fraction of sp³-hybridized carbons (Fsp3) is 0.190. The summed E-state index contributed by atoms with van der Waals surface area (Å²) in [4.78, 5) is 27.2. The molecule has 2 amide bonds. The number of alkyl halides is 3. The quantitative estimate of drug-likeness (QED) is 0.534. The van der Waals surface area contributed by atoms with Gasteiger partial charge in [-0.3, -0.25) is 14.6 Å². The third-order valence-corrected chi connectivity index (χ3v) is 5.80. The number of carbonyl (C=O) groups is 2. The van der Waals surface area contributed by atoms with Crippen molar-refractivity contribution in [2.45, 2.75) is 24.4 Å². The number of benzene rings is 2. The Bertz CT molecular complexity index is 1290. The van der Waals surface area contributed by atoms with Crippen molar-refractivity contribution in [3.05, 3.63) is 60.3 Å². The van der Waals surface area contributed by atoms with E-state index in [1.165, 1.54) is 49.4 Å². The van der Waals surface area contributed by atoms with E-state index in [0.717, 1.165) is 12.3 Å². The predicted octanol–water partition coefficient (Wildman–Crippen LogP) is 3.49. The monoisotopic (exact) mass is 481 g/mol. The summed E-state index contributed by atoms with van der Waals surface area (Å²) in [5, 5.41) is 2.59. The number of nitrogens with zero attached hydrogens (tertiary/aromatic N) is 1. The minimum atomic E-state index is -4.60. The minimum absolute atomic E-state index is 0.00233. The molecule has 3 rings (SSSR count). The van der Waals surface area contributed by atoms with Crippen molar-refractivity contribution in [3.63, 3.8) is 0 Å². The Hall–Kier alpha value is -3.67. The van der Waals surface area contributed by atoms with Crippen LogP contribution in [-0.4, -0.2) is 31.8 Å². The maximum absolute atomic E-state index is 13.2. The molecule has 12 heteroatoms. The Morgan fingerprint density at radius 2 is 1.73 bits per heavy atom. The van der Waals surface area contributed by atoms with Crippen molar-refractivity contribution in [1.29, 1.82) is 0 Å². The van der Waals surface area contributed by atoms with Crippen molar-refractivity contribution in [1.82, 2.24) is 9.71 Å². The number of carbonyl (C=O) groups excluding carboxylic acids is 2. The number of rotatable bonds is 7. The lowest BCUT2D eigenvalue weighted by Crippen LogP contribution is -2.29. The van der Waals surface area contributed by atoms with Gasteiger partial charge in [0.1, 0.15) is 5.75 Å². The van der Waals surface area contributed by atoms with Gasteiger partial charge in [0.25, 0.3) is 15.9 Å². The molecule has 0 saturated carbocycles. The summed E-state index contributed by atoms with van der Waals surface area (Å²) in [5.41, 5.74) is -0.960. The summed E-state index contributed by atoms with van der Waals surface area (Å²) < 4.78 is 71.0. The molecule has 0 saturated heterocycles. The van der Waals surface area contributed by atoms with Gasteiger partial charge in [0.05, 0.1) is 16.0 Å². The fourth-order valence-corrected chi connectivity index (χ4v) is 3.90. The highest BCUT2D eigenvalue weighted by Gasteiger charge is 2.33. The second kappa shape index (κ2) is 9.45. The molecular weight excluding hydrogens is 463 g/mol. The number of halogens is 3. The van der Waals surface area contributed by atoms with Crippen molar-refractivity contribution < 1.29 is 35.9 Å². The Labute approximate surface area is 186 Å². The summed E-state index contributed by atoms with van der Waals surface area (Å²) in [6.45, 7) is 0.998. The number of aromatic nitrogens is 1. The molecule has 0 fully saturated rings. The zero-order valence-electron chi connectivity index (χ0n) is 17.1. The van der Waals surface area contributed by atoms with Crippen LogP contribution in [0.3, 0.4) is 0 Å². The normalized spacial score (nSPS) is 11.8. The zero-order valence-corrected chi connectivity index (χ0v) is 18.0. The Morgan fingerprint density at radius 3 is 2.36 bits per heavy atom. The summed E-state index contributed by atoms with van der Waals surface area (Å²) in [6, 6.07) is 9.93. The molecule has 1 aromatic heterocycles. The van der Waals surface area contributed by atoms with Gasteiger partial charge in [-0.2, -0.15) is 13.2 Å². The predicted molar refractivity (Wildman–Crippen MR) is 113 cm³/mol. The second-order valence-corrected chi connectivity index (χ2v) is 8.43. The minimum Gasteiger partial charge on any atom is -0.483 e. The molecule has 2 aromatic carbocycles. The first-order chi connectivity index (χ1) is 15.5. The molecule has 33 heavy (non-hydrogen) atoms. The van der Waals surface area contributed by atoms with Gasteiger partial charge in [0, 0.05) is 23.7 Å². The van der Waals surface area contributed by atoms with Crippen molar-refractivity contribution >= 4 is 38.4 Å². The lowest BCUT2D eigenvalue weighted by Gasteiger charge is -2.13. The van der Waals surface area contributed by atoms with E-state index in [0.29, 0.717) is 0 Å². The van der Waals surface area contributed by atoms with E-state index in [9.17, 15) is 31.2 Å². The number of anilines is 1. The van der Waals surface area contributed by atoms with E-state index in [1.54, 1.807) is 0 Å². The van der Waals surface area contributed by atoms with E-state index in [2.05, 4.69) is 10.3 Å². The maximum atomic E-state index is 13.2. The maximum Gasteiger partial charge on any atom is 0.418 e. The smallest absolute Gasteiger partial charge is 0.418 e. The molecule has 0 spiro atoms. The van der Waals surface area contributed by atoms with Crippen LogP contribution in [0.1, 0.15) is 18.9 Å². The van der Waals surface area contributed by atoms with Crippen molar-refractivity contribution in [3.8, 4) is 5.75 Å². The largest absolute Gasteiger partial charge is 0.483 e. The highest BCUT2D eigenvalue weighted by Crippen LogP contribution is 2.36. The fourth-order valence-electron chi connectivity index (χ4n) is 2.84. The molecule has 2 N–H and O–H groups in total. The van der Waals surface area contributed by atoms with Gasteiger partial charge in [-0.15, -0.1) is 0 Å². The lowest BCUT2D eigenvalue weighted by atomic mass is 10.1. The summed E-state index contributed by atoms with van der Waals surface area (Å²) in [7, 11) is -4.02. The number of nitrogens with one attached hydrogen (secondary N) is 2. The zero-order chi connectivity index (χ0) is 24.2. The number of hydrogen-bond donors (Lipinski definition) is 2. The van der Waals surface area contributed by atoms with Gasteiger partial charge in [0.15, 0.2) is 6.61 Å². The van der Waals surface area contributed by atoms with E-state index in [4.69, 9.17) is 4.74 Å². The standard InChI is InChI=1S/C21H18F3N3O5S/c1-2-18(28)27-33(30,31)14-8-6-13(7-9-14)26-19(29)12-32-17-10-11-25-20-15(17)4-3-5-16(20)21(22,23)24/h3-11H,2,12H2,1H3,(H,26,29)(H,27,28). The molecule has 0 aliphatic carbocycles. The van der Waals surface area contributed by atoms with Crippen LogP contribution in [0.15, 0.2) is 59.6 Å². The number of hydrogen-bond acceptors (Lipinski definition) is 6. The van der Waals surface area contributed by atoms with Gasteiger partial charge in [0.2, 0.25) is 5.91 Å². The van der Waals surface area contributed by atoms with Crippen molar-refractivity contribution in [2.75, 3.05) is 11.9 Å². The van der Waals surface area contributed by atoms with Crippen LogP contribution in [0.25, 0.3) is 10.9 Å². The van der Waals surface area contributed by atoms with Gasteiger partial charge in [-0.05, 0) is 42.5 Å². The van der Waals surface area contributed by atoms with Crippen LogP contribution in [0.4, 0.5) is 18.9 Å². The molecular formula is C21H18F3N3O5S. The van der Waals surface area contributed by atoms with Gasteiger partial charge < -0.3 is 10.1 Å². The molecule has 174 valence electrons. The summed E-state index contributed by atoms with van der Waals surface area (Å²) >= 11 is 0. The molecule has 1 heterocycles. The van der Waals surface area contributed by atoms with E-state index in [1.807, 2.05) is 4.72 Å². The molecule has 0 radical (unpaired) electrons. The van der Waals surface area contributed by atoms with Gasteiger partial charge >= 0.3 is 6.18 Å². The topological polar surface area (TPSA) is 114 Å². The Balaban J connectivity index is 1.68. The summed E-state index contributed by atoms with van der Waals surface area (Å²) in [6.07, 6.45) is -3.44.